The van der Waals surface area contributed by atoms with E-state index in [2.05, 4.69) is 32.3 Å². The van der Waals surface area contributed by atoms with Gasteiger partial charge in [0.25, 0.3) is 0 Å². The maximum absolute atomic E-state index is 12.3. The van der Waals surface area contributed by atoms with Gasteiger partial charge in [0.15, 0.2) is 5.11 Å². The number of piperidine rings is 4. The number of nitrogens with one attached hydrogen (secondary N) is 2. The molecule has 0 aliphatic carbocycles. The zero-order valence-corrected chi connectivity index (χ0v) is 19.1. The normalized spacial score (nSPS) is 31.8. The Hall–Kier alpha value is -1.41. The molecule has 2 N–H and O–H groups in total. The first-order valence-corrected chi connectivity index (χ1v) is 12.2. The molecule has 30 heavy (non-hydrogen) atoms. The van der Waals surface area contributed by atoms with Crippen LogP contribution in [0.1, 0.15) is 51.9 Å². The third-order valence-electron chi connectivity index (χ3n) is 7.53. The molecule has 0 spiro atoms. The topological polar surface area (TPSA) is 67.9 Å². The van der Waals surface area contributed by atoms with Gasteiger partial charge >= 0.3 is 0 Å². The van der Waals surface area contributed by atoms with Crippen molar-refractivity contribution in [2.45, 2.75) is 64.0 Å². The second-order valence-corrected chi connectivity index (χ2v) is 10.0. The molecule has 2 amide bonds. The summed E-state index contributed by atoms with van der Waals surface area (Å²) in [6.07, 6.45) is 7.88. The first-order chi connectivity index (χ1) is 14.5. The van der Waals surface area contributed by atoms with Crippen LogP contribution in [0.4, 0.5) is 0 Å². The van der Waals surface area contributed by atoms with Crippen LogP contribution in [0, 0.1) is 11.8 Å². The molecule has 4 atom stereocenters. The number of thiocarbonyl (C=S) groups is 1. The number of fused-ring (bicyclic) bond motifs is 4. The highest BCUT2D eigenvalue weighted by Gasteiger charge is 2.44. The summed E-state index contributed by atoms with van der Waals surface area (Å²) in [4.78, 5) is 31.4. The first kappa shape index (κ1) is 21.8. The van der Waals surface area contributed by atoms with E-state index >= 15 is 0 Å². The number of likely N-dealkylation sites (tertiary alicyclic amines) is 2. The summed E-state index contributed by atoms with van der Waals surface area (Å²) in [5.41, 5.74) is 0. The van der Waals surface area contributed by atoms with Crippen molar-refractivity contribution in [3.8, 4) is 0 Å². The van der Waals surface area contributed by atoms with Crippen LogP contribution in [0.25, 0.3) is 0 Å². The molecule has 4 saturated heterocycles. The van der Waals surface area contributed by atoms with Crippen molar-refractivity contribution in [1.29, 1.82) is 0 Å². The fourth-order valence-corrected chi connectivity index (χ4v) is 6.16. The number of amides is 2. The molecule has 168 valence electrons. The lowest BCUT2D eigenvalue weighted by atomic mass is 9.76. The molecule has 0 saturated carbocycles. The van der Waals surface area contributed by atoms with Crippen LogP contribution in [0.3, 0.4) is 0 Å². The van der Waals surface area contributed by atoms with Crippen molar-refractivity contribution in [2.24, 2.45) is 11.8 Å². The fourth-order valence-electron chi connectivity index (χ4n) is 5.93. The third-order valence-corrected chi connectivity index (χ3v) is 7.93. The van der Waals surface area contributed by atoms with Gasteiger partial charge in [-0.05, 0) is 69.6 Å². The monoisotopic (exact) mass is 435 g/mol. The third kappa shape index (κ3) is 5.07. The molecular weight excluding hydrogens is 398 g/mol. The second kappa shape index (κ2) is 9.81. The van der Waals surface area contributed by atoms with E-state index in [9.17, 15) is 9.59 Å². The number of hydrogen-bond acceptors (Lipinski definition) is 4. The van der Waals surface area contributed by atoms with Crippen LogP contribution in [-0.2, 0) is 9.59 Å². The van der Waals surface area contributed by atoms with E-state index in [1.165, 1.54) is 25.7 Å². The van der Waals surface area contributed by atoms with Crippen LogP contribution in [0.5, 0.6) is 0 Å². The van der Waals surface area contributed by atoms with Gasteiger partial charge in [0.1, 0.15) is 0 Å². The molecule has 7 nitrogen and oxygen atoms in total. The largest absolute Gasteiger partial charge is 0.354 e. The van der Waals surface area contributed by atoms with E-state index in [1.807, 2.05) is 0 Å². The predicted molar refractivity (Wildman–Crippen MR) is 121 cm³/mol. The number of rotatable bonds is 5. The summed E-state index contributed by atoms with van der Waals surface area (Å²) in [6.45, 7) is 7.90. The molecule has 0 radical (unpaired) electrons. The highest BCUT2D eigenvalue weighted by molar-refractivity contribution is 7.80. The van der Waals surface area contributed by atoms with Gasteiger partial charge in [0.05, 0.1) is 6.54 Å². The summed E-state index contributed by atoms with van der Waals surface area (Å²) in [7, 11) is 0. The van der Waals surface area contributed by atoms with E-state index in [-0.39, 0.29) is 12.5 Å². The molecule has 4 aliphatic heterocycles. The molecule has 4 heterocycles. The number of nitrogens with zero attached hydrogens (tertiary/aromatic N) is 3. The highest BCUT2D eigenvalue weighted by atomic mass is 32.1. The minimum absolute atomic E-state index is 0.00303. The predicted octanol–water partition coefficient (Wildman–Crippen LogP) is 1.18. The van der Waals surface area contributed by atoms with Gasteiger partial charge in [-0.3, -0.25) is 14.5 Å². The zero-order chi connectivity index (χ0) is 21.1. The van der Waals surface area contributed by atoms with Crippen molar-refractivity contribution in [1.82, 2.24) is 25.3 Å². The second-order valence-electron chi connectivity index (χ2n) is 9.66. The van der Waals surface area contributed by atoms with Gasteiger partial charge in [-0.25, -0.2) is 0 Å². The highest BCUT2D eigenvalue weighted by Crippen LogP contribution is 2.37. The Labute approximate surface area is 185 Å². The lowest BCUT2D eigenvalue weighted by Gasteiger charge is -2.52. The minimum atomic E-state index is 0.00303. The van der Waals surface area contributed by atoms with Crippen molar-refractivity contribution in [3.05, 3.63) is 0 Å². The van der Waals surface area contributed by atoms with E-state index in [0.29, 0.717) is 47.9 Å². The van der Waals surface area contributed by atoms with Gasteiger partial charge in [0, 0.05) is 51.2 Å². The fraction of sp³-hybridized carbons (Fsp3) is 0.864. The molecule has 8 heteroatoms. The van der Waals surface area contributed by atoms with Gasteiger partial charge < -0.3 is 20.4 Å². The van der Waals surface area contributed by atoms with E-state index in [4.69, 9.17) is 12.2 Å². The lowest BCUT2D eigenvalue weighted by molar-refractivity contribution is -0.144. The molecule has 4 aliphatic rings. The molecule has 1 unspecified atom stereocenters. The Balaban J connectivity index is 1.18. The molecule has 0 aromatic heterocycles. The summed E-state index contributed by atoms with van der Waals surface area (Å²) in [5, 5.41) is 6.88. The summed E-state index contributed by atoms with van der Waals surface area (Å²) < 4.78 is 0. The van der Waals surface area contributed by atoms with Crippen LogP contribution in [0.15, 0.2) is 0 Å². The van der Waals surface area contributed by atoms with Crippen LogP contribution in [-0.4, -0.2) is 89.5 Å². The quantitative estimate of drug-likeness (QED) is 0.633. The molecule has 0 aromatic rings. The van der Waals surface area contributed by atoms with Gasteiger partial charge in [-0.2, -0.15) is 0 Å². The Bertz CT molecular complexity index is 659. The number of carbonyl (C=O) groups is 2. The number of carbonyl (C=O) groups excluding carboxylic acids is 2. The van der Waals surface area contributed by atoms with E-state index < -0.39 is 0 Å². The maximum atomic E-state index is 12.3. The molecule has 2 bridgehead atoms. The smallest absolute Gasteiger partial charge is 0.239 e. The minimum Gasteiger partial charge on any atom is -0.354 e. The standard InChI is InChI=1S/C22H37N5O2S/c1-16-5-2-3-9-25(16)10-8-23-20(28)12-24-22(30)26-13-17-11-18(15-26)19-6-4-7-21(29)27(19)14-17/h16-19H,2-15H2,1H3,(H,23,28)(H,24,30)/t16?,17-,18-,19-/m1/s1. The molecular formula is C22H37N5O2S. The summed E-state index contributed by atoms with van der Waals surface area (Å²) in [5.74, 6) is 1.33. The van der Waals surface area contributed by atoms with Crippen LogP contribution < -0.4 is 10.6 Å². The van der Waals surface area contributed by atoms with Crippen molar-refractivity contribution in [3.63, 3.8) is 0 Å². The maximum Gasteiger partial charge on any atom is 0.239 e. The Morgan fingerprint density at radius 3 is 2.83 bits per heavy atom. The molecule has 0 aromatic carbocycles. The van der Waals surface area contributed by atoms with Crippen molar-refractivity contribution in [2.75, 3.05) is 45.8 Å². The SMILES string of the molecule is CC1CCCCN1CCNC(=O)CNC(=S)N1C[C@H]2C[C@H](C1)[C@H]1CCCC(=O)N1C2. The van der Waals surface area contributed by atoms with Crippen LogP contribution >= 0.6 is 12.2 Å². The molecule has 4 fully saturated rings. The van der Waals surface area contributed by atoms with Gasteiger partial charge in [0.2, 0.25) is 11.8 Å². The van der Waals surface area contributed by atoms with E-state index in [0.717, 1.165) is 45.6 Å². The Morgan fingerprint density at radius 1 is 1.13 bits per heavy atom. The van der Waals surface area contributed by atoms with Crippen LogP contribution in [0.2, 0.25) is 0 Å². The Kier molecular flexibility index (Phi) is 7.13. The van der Waals surface area contributed by atoms with Crippen molar-refractivity contribution < 1.29 is 9.59 Å². The average molecular weight is 436 g/mol. The lowest BCUT2D eigenvalue weighted by Crippen LogP contribution is -2.62. The summed E-state index contributed by atoms with van der Waals surface area (Å²) >= 11 is 5.62. The zero-order valence-electron chi connectivity index (χ0n) is 18.3. The van der Waals surface area contributed by atoms with Crippen molar-refractivity contribution >= 4 is 29.1 Å². The van der Waals surface area contributed by atoms with E-state index in [1.54, 1.807) is 0 Å². The Morgan fingerprint density at radius 2 is 2.00 bits per heavy atom. The summed E-state index contributed by atoms with van der Waals surface area (Å²) in [6, 6.07) is 1.00. The molecule has 4 rings (SSSR count). The van der Waals surface area contributed by atoms with Gasteiger partial charge in [-0.1, -0.05) is 6.42 Å². The number of hydrogen-bond donors (Lipinski definition) is 2. The average Bonchev–Trinajstić information content (AvgIpc) is 2.74. The first-order valence-electron chi connectivity index (χ1n) is 11.8. The van der Waals surface area contributed by atoms with Gasteiger partial charge in [-0.15, -0.1) is 0 Å².